The molecule has 1 N–H and O–H groups in total. The van der Waals surface area contributed by atoms with E-state index in [-0.39, 0.29) is 24.2 Å². The Morgan fingerprint density at radius 2 is 1.87 bits per heavy atom. The maximum absolute atomic E-state index is 12.3. The second-order valence-electron chi connectivity index (χ2n) is 7.10. The van der Waals surface area contributed by atoms with E-state index >= 15 is 0 Å². The number of carbonyl (C=O) groups excluding carboxylic acids is 3. The molecule has 0 bridgehead atoms. The Morgan fingerprint density at radius 3 is 2.52 bits per heavy atom. The molecule has 1 fully saturated rings. The first-order chi connectivity index (χ1) is 15.0. The van der Waals surface area contributed by atoms with Crippen LogP contribution in [-0.2, 0) is 9.59 Å². The van der Waals surface area contributed by atoms with Gasteiger partial charge in [-0.25, -0.2) is 4.98 Å². The number of hydrogen-bond donors (Lipinski definition) is 1. The zero-order valence-corrected chi connectivity index (χ0v) is 17.8. The van der Waals surface area contributed by atoms with Gasteiger partial charge < -0.3 is 9.64 Å². The lowest BCUT2D eigenvalue weighted by molar-refractivity contribution is -0.118. The van der Waals surface area contributed by atoms with Gasteiger partial charge in [0, 0.05) is 31.1 Å². The second kappa shape index (κ2) is 9.09. The Hall–Kier alpha value is -3.52. The van der Waals surface area contributed by atoms with Crippen LogP contribution in [0.3, 0.4) is 0 Å². The van der Waals surface area contributed by atoms with Crippen LogP contribution in [0.5, 0.6) is 5.75 Å². The summed E-state index contributed by atoms with van der Waals surface area (Å²) >= 11 is 1.14. The summed E-state index contributed by atoms with van der Waals surface area (Å²) in [5.74, 6) is 0.169. The summed E-state index contributed by atoms with van der Waals surface area (Å²) < 4.78 is 5.55. The summed E-state index contributed by atoms with van der Waals surface area (Å²) in [6.45, 7) is 2.01. The van der Waals surface area contributed by atoms with Gasteiger partial charge in [-0.2, -0.15) is 0 Å². The molecule has 0 unspecified atom stereocenters. The quantitative estimate of drug-likeness (QED) is 0.563. The average Bonchev–Trinajstić information content (AvgIpc) is 3.40. The molecular formula is C23H21N3O4S. The molecule has 1 saturated heterocycles. The van der Waals surface area contributed by atoms with Gasteiger partial charge >= 0.3 is 0 Å². The van der Waals surface area contributed by atoms with Crippen molar-refractivity contribution in [3.05, 3.63) is 59.5 Å². The molecule has 2 heterocycles. The number of rotatable bonds is 7. The minimum atomic E-state index is -0.373. The summed E-state index contributed by atoms with van der Waals surface area (Å²) in [6, 6.07) is 16.5. The fraction of sp³-hybridized carbons (Fsp3) is 0.217. The van der Waals surface area contributed by atoms with Gasteiger partial charge in [0.25, 0.3) is 5.91 Å². The van der Waals surface area contributed by atoms with E-state index in [4.69, 9.17) is 4.74 Å². The molecule has 0 saturated carbocycles. The van der Waals surface area contributed by atoms with Crippen LogP contribution < -0.4 is 15.0 Å². The standard InChI is InChI=1S/C23H21N3O4S/c1-15(27)22-21(16-6-3-2-4-7-16)25-23(31-22)24-19(28)14-30-18-11-9-17(10-12-18)26-13-5-8-20(26)29/h2-4,6-7,9-12H,5,8,13-14H2,1H3,(H,24,25,28). The normalized spacial score (nSPS) is 13.3. The lowest BCUT2D eigenvalue weighted by atomic mass is 10.1. The van der Waals surface area contributed by atoms with Gasteiger partial charge in [-0.3, -0.25) is 19.7 Å². The highest BCUT2D eigenvalue weighted by Crippen LogP contribution is 2.31. The number of benzene rings is 2. The Bertz CT molecular complexity index is 1110. The van der Waals surface area contributed by atoms with Crippen LogP contribution in [-0.4, -0.2) is 35.7 Å². The highest BCUT2D eigenvalue weighted by molar-refractivity contribution is 7.18. The number of hydrogen-bond acceptors (Lipinski definition) is 6. The van der Waals surface area contributed by atoms with E-state index in [1.54, 1.807) is 17.0 Å². The van der Waals surface area contributed by atoms with Crippen molar-refractivity contribution in [2.45, 2.75) is 19.8 Å². The summed E-state index contributed by atoms with van der Waals surface area (Å²) in [5, 5.41) is 3.05. The minimum Gasteiger partial charge on any atom is -0.484 e. The molecule has 1 aromatic heterocycles. The Morgan fingerprint density at radius 1 is 1.13 bits per heavy atom. The average molecular weight is 436 g/mol. The molecule has 0 atom stereocenters. The van der Waals surface area contributed by atoms with Crippen LogP contribution in [0, 0.1) is 0 Å². The topological polar surface area (TPSA) is 88.6 Å². The van der Waals surface area contributed by atoms with Crippen molar-refractivity contribution in [3.63, 3.8) is 0 Å². The fourth-order valence-corrected chi connectivity index (χ4v) is 4.25. The zero-order chi connectivity index (χ0) is 21.8. The molecule has 0 aliphatic carbocycles. The third-order valence-corrected chi connectivity index (χ3v) is 5.90. The maximum Gasteiger partial charge on any atom is 0.264 e. The number of thiazole rings is 1. The predicted octanol–water partition coefficient (Wildman–Crippen LogP) is 4.16. The van der Waals surface area contributed by atoms with E-state index < -0.39 is 0 Å². The Labute approximate surface area is 183 Å². The van der Waals surface area contributed by atoms with Crippen molar-refractivity contribution >= 4 is 39.8 Å². The summed E-state index contributed by atoms with van der Waals surface area (Å²) in [5.41, 5.74) is 2.20. The Kier molecular flexibility index (Phi) is 6.08. The number of nitrogens with one attached hydrogen (secondary N) is 1. The molecule has 1 aliphatic rings. The number of carbonyl (C=O) groups is 3. The van der Waals surface area contributed by atoms with Crippen molar-refractivity contribution < 1.29 is 19.1 Å². The SMILES string of the molecule is CC(=O)c1sc(NC(=O)COc2ccc(N3CCCC3=O)cc2)nc1-c1ccccc1. The van der Waals surface area contributed by atoms with Gasteiger partial charge in [0.1, 0.15) is 5.75 Å². The van der Waals surface area contributed by atoms with Crippen molar-refractivity contribution in [2.24, 2.45) is 0 Å². The molecule has 0 radical (unpaired) electrons. The molecule has 7 nitrogen and oxygen atoms in total. The number of amides is 2. The van der Waals surface area contributed by atoms with Crippen LogP contribution in [0.1, 0.15) is 29.4 Å². The van der Waals surface area contributed by atoms with Crippen LogP contribution >= 0.6 is 11.3 Å². The monoisotopic (exact) mass is 435 g/mol. The first-order valence-electron chi connectivity index (χ1n) is 9.91. The van der Waals surface area contributed by atoms with E-state index in [2.05, 4.69) is 10.3 Å². The van der Waals surface area contributed by atoms with E-state index in [1.807, 2.05) is 42.5 Å². The van der Waals surface area contributed by atoms with E-state index in [0.717, 1.165) is 35.6 Å². The molecule has 31 heavy (non-hydrogen) atoms. The Balaban J connectivity index is 1.38. The highest BCUT2D eigenvalue weighted by Gasteiger charge is 2.21. The van der Waals surface area contributed by atoms with E-state index in [0.29, 0.717) is 27.9 Å². The van der Waals surface area contributed by atoms with E-state index in [1.165, 1.54) is 6.92 Å². The highest BCUT2D eigenvalue weighted by atomic mass is 32.1. The summed E-state index contributed by atoms with van der Waals surface area (Å²) in [4.78, 5) is 42.8. The number of anilines is 2. The van der Waals surface area contributed by atoms with Crippen molar-refractivity contribution in [3.8, 4) is 17.0 Å². The number of Topliss-reactive ketones (excluding diaryl/α,β-unsaturated/α-hetero) is 1. The maximum atomic E-state index is 12.3. The third-order valence-electron chi connectivity index (χ3n) is 4.83. The largest absolute Gasteiger partial charge is 0.484 e. The predicted molar refractivity (Wildman–Crippen MR) is 120 cm³/mol. The van der Waals surface area contributed by atoms with Crippen LogP contribution in [0.25, 0.3) is 11.3 Å². The molecule has 0 spiro atoms. The van der Waals surface area contributed by atoms with Gasteiger partial charge in [-0.15, -0.1) is 0 Å². The first-order valence-corrected chi connectivity index (χ1v) is 10.7. The molecule has 2 amide bonds. The van der Waals surface area contributed by atoms with Gasteiger partial charge in [-0.05, 0) is 30.7 Å². The molecule has 1 aliphatic heterocycles. The molecule has 8 heteroatoms. The molecule has 3 aromatic rings. The first kappa shape index (κ1) is 20.7. The number of ketones is 1. The minimum absolute atomic E-state index is 0.107. The van der Waals surface area contributed by atoms with Crippen LogP contribution in [0.4, 0.5) is 10.8 Å². The molecular weight excluding hydrogens is 414 g/mol. The van der Waals surface area contributed by atoms with Gasteiger partial charge in [0.15, 0.2) is 17.5 Å². The smallest absolute Gasteiger partial charge is 0.264 e. The molecule has 4 rings (SSSR count). The van der Waals surface area contributed by atoms with Gasteiger partial charge in [-0.1, -0.05) is 41.7 Å². The van der Waals surface area contributed by atoms with Crippen molar-refractivity contribution in [1.82, 2.24) is 4.98 Å². The van der Waals surface area contributed by atoms with E-state index in [9.17, 15) is 14.4 Å². The zero-order valence-electron chi connectivity index (χ0n) is 17.0. The van der Waals surface area contributed by atoms with Crippen molar-refractivity contribution in [2.75, 3.05) is 23.4 Å². The van der Waals surface area contributed by atoms with Crippen LogP contribution in [0.2, 0.25) is 0 Å². The van der Waals surface area contributed by atoms with Gasteiger partial charge in [0.2, 0.25) is 5.91 Å². The summed E-state index contributed by atoms with van der Waals surface area (Å²) in [7, 11) is 0. The second-order valence-corrected chi connectivity index (χ2v) is 8.10. The van der Waals surface area contributed by atoms with Crippen molar-refractivity contribution in [1.29, 1.82) is 0 Å². The lowest BCUT2D eigenvalue weighted by Crippen LogP contribution is -2.23. The fourth-order valence-electron chi connectivity index (χ4n) is 3.35. The number of nitrogens with zero attached hydrogens (tertiary/aromatic N) is 2. The summed E-state index contributed by atoms with van der Waals surface area (Å²) in [6.07, 6.45) is 1.44. The third kappa shape index (κ3) is 4.80. The van der Waals surface area contributed by atoms with Gasteiger partial charge in [0.05, 0.1) is 10.6 Å². The number of ether oxygens (including phenoxy) is 1. The number of aromatic nitrogens is 1. The molecule has 2 aromatic carbocycles. The van der Waals surface area contributed by atoms with Crippen LogP contribution in [0.15, 0.2) is 54.6 Å². The molecule has 158 valence electrons. The lowest BCUT2D eigenvalue weighted by Gasteiger charge is -2.16.